The van der Waals surface area contributed by atoms with Crippen LogP contribution in [0.25, 0.3) is 0 Å². The van der Waals surface area contributed by atoms with E-state index in [1.165, 1.54) is 0 Å². The van der Waals surface area contributed by atoms with Gasteiger partial charge in [-0.25, -0.2) is 0 Å². The molecule has 3 N–H and O–H groups in total. The first-order valence-corrected chi connectivity index (χ1v) is 6.94. The average molecular weight is 292 g/mol. The maximum Gasteiger partial charge on any atom is 0.305 e. The predicted octanol–water partition coefficient (Wildman–Crippen LogP) is 0.553. The number of carboxylic acids is 1. The first-order chi connectivity index (χ1) is 10.1. The predicted molar refractivity (Wildman–Crippen MR) is 76.7 cm³/mol. The van der Waals surface area contributed by atoms with Gasteiger partial charge in [-0.15, -0.1) is 0 Å². The van der Waals surface area contributed by atoms with E-state index in [-0.39, 0.29) is 24.3 Å². The number of hydrogen-bond acceptors (Lipinski definition) is 4. The topological polar surface area (TPSA) is 87.7 Å². The van der Waals surface area contributed by atoms with Crippen LogP contribution < -0.4 is 10.6 Å². The monoisotopic (exact) mass is 292 g/mol. The lowest BCUT2D eigenvalue weighted by molar-refractivity contribution is -0.138. The molecular weight excluding hydrogens is 272 g/mol. The molecule has 0 aliphatic carbocycles. The molecule has 0 saturated carbocycles. The number of carboxylic acid groups (broad SMARTS) is 1. The molecular formula is C15H20N2O4. The molecule has 1 aromatic carbocycles. The minimum absolute atomic E-state index is 0.0359. The largest absolute Gasteiger partial charge is 0.481 e. The minimum Gasteiger partial charge on any atom is -0.481 e. The Labute approximate surface area is 123 Å². The first-order valence-electron chi connectivity index (χ1n) is 6.94. The molecule has 0 spiro atoms. The third-order valence-corrected chi connectivity index (χ3v) is 3.69. The SMILES string of the molecule is CNC1COCC1C(=O)NC(CC(=O)O)c1ccccc1. The van der Waals surface area contributed by atoms with Crippen LogP contribution in [0.5, 0.6) is 0 Å². The Bertz CT molecular complexity index is 492. The Morgan fingerprint density at radius 2 is 2.05 bits per heavy atom. The van der Waals surface area contributed by atoms with Crippen molar-refractivity contribution in [2.45, 2.75) is 18.5 Å². The number of carbonyl (C=O) groups is 2. The summed E-state index contributed by atoms with van der Waals surface area (Å²) in [6.07, 6.45) is -0.145. The summed E-state index contributed by atoms with van der Waals surface area (Å²) in [6, 6.07) is 8.56. The second-order valence-corrected chi connectivity index (χ2v) is 5.11. The van der Waals surface area contributed by atoms with Crippen molar-refractivity contribution in [2.24, 2.45) is 5.92 Å². The zero-order valence-corrected chi connectivity index (χ0v) is 11.9. The molecule has 1 heterocycles. The number of rotatable bonds is 6. The Morgan fingerprint density at radius 3 is 2.67 bits per heavy atom. The summed E-state index contributed by atoms with van der Waals surface area (Å²) in [5.41, 5.74) is 0.785. The molecule has 0 radical (unpaired) electrons. The molecule has 1 saturated heterocycles. The number of ether oxygens (including phenoxy) is 1. The Hall–Kier alpha value is -1.92. The highest BCUT2D eigenvalue weighted by molar-refractivity contribution is 5.81. The van der Waals surface area contributed by atoms with Gasteiger partial charge in [-0.3, -0.25) is 9.59 Å². The van der Waals surface area contributed by atoms with E-state index < -0.39 is 12.0 Å². The molecule has 114 valence electrons. The molecule has 1 aromatic rings. The molecule has 1 aliphatic heterocycles. The van der Waals surface area contributed by atoms with Gasteiger partial charge in [0.05, 0.1) is 31.6 Å². The number of likely N-dealkylation sites (N-methyl/N-ethyl adjacent to an activating group) is 1. The number of hydrogen-bond donors (Lipinski definition) is 3. The van der Waals surface area contributed by atoms with Crippen molar-refractivity contribution >= 4 is 11.9 Å². The van der Waals surface area contributed by atoms with Gasteiger partial charge in [0.25, 0.3) is 0 Å². The quantitative estimate of drug-likeness (QED) is 0.713. The Balaban J connectivity index is 2.08. The van der Waals surface area contributed by atoms with Crippen molar-refractivity contribution < 1.29 is 19.4 Å². The standard InChI is InChI=1S/C15H20N2O4/c1-16-13-9-21-8-11(13)15(20)17-12(7-14(18)19)10-5-3-2-4-6-10/h2-6,11-13,16H,7-9H2,1H3,(H,17,20)(H,18,19). The summed E-state index contributed by atoms with van der Waals surface area (Å²) in [5.74, 6) is -1.42. The zero-order chi connectivity index (χ0) is 15.2. The maximum atomic E-state index is 12.4. The lowest BCUT2D eigenvalue weighted by atomic mass is 9.99. The smallest absolute Gasteiger partial charge is 0.305 e. The van der Waals surface area contributed by atoms with Crippen LogP contribution in [0.3, 0.4) is 0 Å². The molecule has 6 heteroatoms. The van der Waals surface area contributed by atoms with E-state index in [1.807, 2.05) is 30.3 Å². The third kappa shape index (κ3) is 4.03. The van der Waals surface area contributed by atoms with Gasteiger partial charge in [0, 0.05) is 6.04 Å². The highest BCUT2D eigenvalue weighted by Crippen LogP contribution is 2.20. The van der Waals surface area contributed by atoms with Crippen LogP contribution in [0.15, 0.2) is 30.3 Å². The van der Waals surface area contributed by atoms with Gasteiger partial charge >= 0.3 is 5.97 Å². The molecule has 2 rings (SSSR count). The summed E-state index contributed by atoms with van der Waals surface area (Å²) in [7, 11) is 1.78. The Morgan fingerprint density at radius 1 is 1.33 bits per heavy atom. The summed E-state index contributed by atoms with van der Waals surface area (Å²) in [4.78, 5) is 23.4. The van der Waals surface area contributed by atoms with Gasteiger partial charge in [-0.1, -0.05) is 30.3 Å². The van der Waals surface area contributed by atoms with Gasteiger partial charge in [0.2, 0.25) is 5.91 Å². The third-order valence-electron chi connectivity index (χ3n) is 3.69. The number of aliphatic carboxylic acids is 1. The second-order valence-electron chi connectivity index (χ2n) is 5.11. The number of nitrogens with one attached hydrogen (secondary N) is 2. The van der Waals surface area contributed by atoms with E-state index in [1.54, 1.807) is 7.05 Å². The van der Waals surface area contributed by atoms with Crippen molar-refractivity contribution in [1.29, 1.82) is 0 Å². The molecule has 0 bridgehead atoms. The van der Waals surface area contributed by atoms with Crippen molar-refractivity contribution in [2.75, 3.05) is 20.3 Å². The molecule has 1 fully saturated rings. The van der Waals surface area contributed by atoms with Crippen LogP contribution in [0.4, 0.5) is 0 Å². The van der Waals surface area contributed by atoms with E-state index in [0.717, 1.165) is 5.56 Å². The van der Waals surface area contributed by atoms with Crippen LogP contribution >= 0.6 is 0 Å². The minimum atomic E-state index is -0.947. The summed E-state index contributed by atoms with van der Waals surface area (Å²) >= 11 is 0. The van der Waals surface area contributed by atoms with Crippen molar-refractivity contribution in [3.05, 3.63) is 35.9 Å². The summed E-state index contributed by atoms with van der Waals surface area (Å²) in [5, 5.41) is 14.9. The van der Waals surface area contributed by atoms with Gasteiger partial charge < -0.3 is 20.5 Å². The zero-order valence-electron chi connectivity index (χ0n) is 11.9. The van der Waals surface area contributed by atoms with Crippen molar-refractivity contribution in [3.8, 4) is 0 Å². The van der Waals surface area contributed by atoms with E-state index in [2.05, 4.69) is 10.6 Å². The highest BCUT2D eigenvalue weighted by atomic mass is 16.5. The molecule has 0 aromatic heterocycles. The van der Waals surface area contributed by atoms with Gasteiger partial charge in [0.15, 0.2) is 0 Å². The highest BCUT2D eigenvalue weighted by Gasteiger charge is 2.34. The van der Waals surface area contributed by atoms with Gasteiger partial charge in [0.1, 0.15) is 0 Å². The molecule has 1 aliphatic rings. The lowest BCUT2D eigenvalue weighted by Crippen LogP contribution is -2.44. The number of benzene rings is 1. The molecule has 6 nitrogen and oxygen atoms in total. The average Bonchev–Trinajstić information content (AvgIpc) is 2.95. The molecule has 3 unspecified atom stereocenters. The summed E-state index contributed by atoms with van der Waals surface area (Å²) < 4.78 is 5.31. The maximum absolute atomic E-state index is 12.4. The van der Waals surface area contributed by atoms with Crippen LogP contribution in [0.1, 0.15) is 18.0 Å². The van der Waals surface area contributed by atoms with Crippen LogP contribution in [-0.2, 0) is 14.3 Å². The molecule has 21 heavy (non-hydrogen) atoms. The van der Waals surface area contributed by atoms with Crippen LogP contribution in [0.2, 0.25) is 0 Å². The lowest BCUT2D eigenvalue weighted by Gasteiger charge is -2.22. The molecule has 3 atom stereocenters. The van der Waals surface area contributed by atoms with Gasteiger partial charge in [-0.05, 0) is 12.6 Å². The fourth-order valence-corrected chi connectivity index (χ4v) is 2.49. The number of carbonyl (C=O) groups excluding carboxylic acids is 1. The fourth-order valence-electron chi connectivity index (χ4n) is 2.49. The Kier molecular flexibility index (Phi) is 5.30. The van der Waals surface area contributed by atoms with Crippen LogP contribution in [0, 0.1) is 5.92 Å². The van der Waals surface area contributed by atoms with E-state index in [0.29, 0.717) is 13.2 Å². The van der Waals surface area contributed by atoms with E-state index >= 15 is 0 Å². The van der Waals surface area contributed by atoms with E-state index in [4.69, 9.17) is 9.84 Å². The fraction of sp³-hybridized carbons (Fsp3) is 0.467. The van der Waals surface area contributed by atoms with Gasteiger partial charge in [-0.2, -0.15) is 0 Å². The number of amides is 1. The normalized spacial score (nSPS) is 22.7. The van der Waals surface area contributed by atoms with E-state index in [9.17, 15) is 9.59 Å². The van der Waals surface area contributed by atoms with Crippen LogP contribution in [-0.4, -0.2) is 43.3 Å². The van der Waals surface area contributed by atoms with Crippen molar-refractivity contribution in [3.63, 3.8) is 0 Å². The van der Waals surface area contributed by atoms with Crippen molar-refractivity contribution in [1.82, 2.24) is 10.6 Å². The second kappa shape index (κ2) is 7.19. The first kappa shape index (κ1) is 15.5. The molecule has 1 amide bonds. The summed E-state index contributed by atoms with van der Waals surface area (Å²) in [6.45, 7) is 0.843.